The summed E-state index contributed by atoms with van der Waals surface area (Å²) in [5.41, 5.74) is 8.84. The minimum Gasteiger partial charge on any atom is -0.488 e. The molecular weight excluding hydrogens is 349 g/mol. The lowest BCUT2D eigenvalue weighted by Gasteiger charge is -2.19. The maximum atomic E-state index is 6.30. The van der Waals surface area contributed by atoms with Crippen LogP contribution < -0.4 is 10.5 Å². The van der Waals surface area contributed by atoms with Crippen molar-refractivity contribution in [1.82, 2.24) is 0 Å². The molecular formula is C16H16INO. The molecule has 2 N–H and O–H groups in total. The van der Waals surface area contributed by atoms with Crippen molar-refractivity contribution in [1.29, 1.82) is 0 Å². The van der Waals surface area contributed by atoms with Crippen LogP contribution in [0.1, 0.15) is 11.1 Å². The van der Waals surface area contributed by atoms with E-state index in [0.717, 1.165) is 18.6 Å². The maximum Gasteiger partial charge on any atom is 0.123 e. The Bertz CT molecular complexity index is 542. The zero-order valence-electron chi connectivity index (χ0n) is 10.6. The molecule has 2 aromatic carbocycles. The fourth-order valence-corrected chi connectivity index (χ4v) is 2.83. The van der Waals surface area contributed by atoms with Crippen LogP contribution in [0.4, 0.5) is 0 Å². The molecule has 1 heterocycles. The quantitative estimate of drug-likeness (QED) is 0.849. The maximum absolute atomic E-state index is 6.30. The molecule has 0 fully saturated rings. The average molecular weight is 365 g/mol. The van der Waals surface area contributed by atoms with E-state index in [1.165, 1.54) is 14.7 Å². The second-order valence-electron chi connectivity index (χ2n) is 4.96. The van der Waals surface area contributed by atoms with Crippen LogP contribution in [0, 0.1) is 3.57 Å². The Morgan fingerprint density at radius 1 is 1.16 bits per heavy atom. The SMILES string of the molecule is NC(Cc1ccc(I)cc1)C1Cc2ccccc2O1. The zero-order chi connectivity index (χ0) is 13.2. The van der Waals surface area contributed by atoms with Crippen LogP contribution >= 0.6 is 22.6 Å². The van der Waals surface area contributed by atoms with Gasteiger partial charge in [-0.15, -0.1) is 0 Å². The first kappa shape index (κ1) is 12.9. The van der Waals surface area contributed by atoms with Gasteiger partial charge in [0.25, 0.3) is 0 Å². The average Bonchev–Trinajstić information content (AvgIpc) is 2.85. The molecule has 0 amide bonds. The van der Waals surface area contributed by atoms with Crippen LogP contribution in [-0.4, -0.2) is 12.1 Å². The smallest absolute Gasteiger partial charge is 0.123 e. The van der Waals surface area contributed by atoms with Crippen LogP contribution in [0.25, 0.3) is 0 Å². The Balaban J connectivity index is 1.66. The lowest BCUT2D eigenvalue weighted by Crippen LogP contribution is -2.39. The highest BCUT2D eigenvalue weighted by molar-refractivity contribution is 14.1. The van der Waals surface area contributed by atoms with Crippen molar-refractivity contribution in [2.75, 3.05) is 0 Å². The molecule has 0 bridgehead atoms. The van der Waals surface area contributed by atoms with Crippen molar-refractivity contribution in [3.8, 4) is 5.75 Å². The number of nitrogens with two attached hydrogens (primary N) is 1. The van der Waals surface area contributed by atoms with Gasteiger partial charge < -0.3 is 10.5 Å². The summed E-state index contributed by atoms with van der Waals surface area (Å²) in [5.74, 6) is 0.991. The monoisotopic (exact) mass is 365 g/mol. The predicted molar refractivity (Wildman–Crippen MR) is 85.4 cm³/mol. The Morgan fingerprint density at radius 3 is 2.63 bits per heavy atom. The summed E-state index contributed by atoms with van der Waals surface area (Å²) in [6.07, 6.45) is 1.87. The number of benzene rings is 2. The molecule has 2 aromatic rings. The molecule has 1 aliphatic rings. The van der Waals surface area contributed by atoms with E-state index in [2.05, 4.69) is 59.0 Å². The van der Waals surface area contributed by atoms with Crippen LogP contribution in [0.3, 0.4) is 0 Å². The lowest BCUT2D eigenvalue weighted by atomic mass is 9.99. The number of ether oxygens (including phenoxy) is 1. The molecule has 1 aliphatic heterocycles. The van der Waals surface area contributed by atoms with Gasteiger partial charge in [0.15, 0.2) is 0 Å². The first-order valence-corrected chi connectivity index (χ1v) is 7.55. The summed E-state index contributed by atoms with van der Waals surface area (Å²) < 4.78 is 7.19. The van der Waals surface area contributed by atoms with Crippen molar-refractivity contribution in [2.45, 2.75) is 25.0 Å². The number of para-hydroxylation sites is 1. The lowest BCUT2D eigenvalue weighted by molar-refractivity contribution is 0.198. The third kappa shape index (κ3) is 2.92. The van der Waals surface area contributed by atoms with Gasteiger partial charge in [0, 0.05) is 16.0 Å². The highest BCUT2D eigenvalue weighted by Gasteiger charge is 2.27. The molecule has 0 saturated heterocycles. The zero-order valence-corrected chi connectivity index (χ0v) is 12.7. The Kier molecular flexibility index (Phi) is 3.75. The summed E-state index contributed by atoms with van der Waals surface area (Å²) in [5, 5.41) is 0. The van der Waals surface area contributed by atoms with Gasteiger partial charge in [-0.05, 0) is 58.3 Å². The Labute approximate surface area is 127 Å². The van der Waals surface area contributed by atoms with Gasteiger partial charge in [-0.2, -0.15) is 0 Å². The standard InChI is InChI=1S/C16H16INO/c17-13-7-5-11(6-8-13)9-14(18)16-10-12-3-1-2-4-15(12)19-16/h1-8,14,16H,9-10,18H2. The van der Waals surface area contributed by atoms with Crippen LogP contribution in [0.2, 0.25) is 0 Å². The van der Waals surface area contributed by atoms with Crippen molar-refractivity contribution in [2.24, 2.45) is 5.73 Å². The minimum absolute atomic E-state index is 0.0347. The van der Waals surface area contributed by atoms with Crippen molar-refractivity contribution in [3.05, 3.63) is 63.2 Å². The number of halogens is 1. The largest absolute Gasteiger partial charge is 0.488 e. The summed E-state index contributed by atoms with van der Waals surface area (Å²) in [7, 11) is 0. The van der Waals surface area contributed by atoms with E-state index in [-0.39, 0.29) is 12.1 Å². The number of rotatable bonds is 3. The summed E-state index contributed by atoms with van der Waals surface area (Å²) in [6, 6.07) is 16.8. The van der Waals surface area contributed by atoms with Gasteiger partial charge in [-0.3, -0.25) is 0 Å². The number of hydrogen-bond donors (Lipinski definition) is 1. The molecule has 2 atom stereocenters. The molecule has 3 rings (SSSR count). The molecule has 3 heteroatoms. The second kappa shape index (κ2) is 5.51. The number of fused-ring (bicyclic) bond motifs is 1. The van der Waals surface area contributed by atoms with E-state index in [1.54, 1.807) is 0 Å². The van der Waals surface area contributed by atoms with E-state index in [4.69, 9.17) is 10.5 Å². The highest BCUT2D eigenvalue weighted by Crippen LogP contribution is 2.29. The van der Waals surface area contributed by atoms with E-state index in [0.29, 0.717) is 0 Å². The third-order valence-electron chi connectivity index (χ3n) is 3.53. The molecule has 2 nitrogen and oxygen atoms in total. The van der Waals surface area contributed by atoms with E-state index in [9.17, 15) is 0 Å². The summed E-state index contributed by atoms with van der Waals surface area (Å²) in [6.45, 7) is 0. The van der Waals surface area contributed by atoms with Gasteiger partial charge >= 0.3 is 0 Å². The summed E-state index contributed by atoms with van der Waals surface area (Å²) >= 11 is 2.31. The van der Waals surface area contributed by atoms with Crippen LogP contribution in [0.5, 0.6) is 5.75 Å². The molecule has 19 heavy (non-hydrogen) atoms. The third-order valence-corrected chi connectivity index (χ3v) is 4.25. The van der Waals surface area contributed by atoms with Gasteiger partial charge in [-0.1, -0.05) is 30.3 Å². The van der Waals surface area contributed by atoms with Crippen molar-refractivity contribution >= 4 is 22.6 Å². The molecule has 0 spiro atoms. The van der Waals surface area contributed by atoms with Gasteiger partial charge in [0.05, 0.1) is 0 Å². The molecule has 2 unspecified atom stereocenters. The topological polar surface area (TPSA) is 35.2 Å². The fourth-order valence-electron chi connectivity index (χ4n) is 2.47. The predicted octanol–water partition coefficient (Wildman–Crippen LogP) is 3.16. The first-order valence-electron chi connectivity index (χ1n) is 6.47. The molecule has 98 valence electrons. The van der Waals surface area contributed by atoms with Gasteiger partial charge in [0.1, 0.15) is 11.9 Å². The van der Waals surface area contributed by atoms with E-state index >= 15 is 0 Å². The minimum atomic E-state index is 0.0347. The molecule has 0 saturated carbocycles. The van der Waals surface area contributed by atoms with Crippen molar-refractivity contribution < 1.29 is 4.74 Å². The summed E-state index contributed by atoms with van der Waals surface area (Å²) in [4.78, 5) is 0. The normalized spacial score (nSPS) is 18.7. The van der Waals surface area contributed by atoms with E-state index < -0.39 is 0 Å². The second-order valence-corrected chi connectivity index (χ2v) is 6.21. The van der Waals surface area contributed by atoms with Gasteiger partial charge in [-0.25, -0.2) is 0 Å². The Morgan fingerprint density at radius 2 is 1.89 bits per heavy atom. The molecule has 0 aliphatic carbocycles. The Hall–Kier alpha value is -1.07. The van der Waals surface area contributed by atoms with Crippen LogP contribution in [0.15, 0.2) is 48.5 Å². The van der Waals surface area contributed by atoms with Gasteiger partial charge in [0.2, 0.25) is 0 Å². The highest BCUT2D eigenvalue weighted by atomic mass is 127. The fraction of sp³-hybridized carbons (Fsp3) is 0.250. The molecule has 0 radical (unpaired) electrons. The number of hydrogen-bond acceptors (Lipinski definition) is 2. The first-order chi connectivity index (χ1) is 9.22. The van der Waals surface area contributed by atoms with Crippen molar-refractivity contribution in [3.63, 3.8) is 0 Å². The van der Waals surface area contributed by atoms with E-state index in [1.807, 2.05) is 12.1 Å². The van der Waals surface area contributed by atoms with Crippen LogP contribution in [-0.2, 0) is 12.8 Å². The molecule has 0 aromatic heterocycles.